The summed E-state index contributed by atoms with van der Waals surface area (Å²) in [4.78, 5) is 27.2. The molecule has 1 atom stereocenters. The van der Waals surface area contributed by atoms with Crippen LogP contribution in [-0.2, 0) is 20.9 Å². The van der Waals surface area contributed by atoms with Crippen molar-refractivity contribution in [2.45, 2.75) is 32.1 Å². The second-order valence-corrected chi connectivity index (χ2v) is 5.11. The van der Waals surface area contributed by atoms with Gasteiger partial charge >= 0.3 is 6.09 Å². The number of hydrogen-bond acceptors (Lipinski definition) is 4. The molecule has 1 aromatic carbocycles. The maximum absolute atomic E-state index is 11.6. The molecular weight excluding hydrogens is 300 g/mol. The van der Waals surface area contributed by atoms with Crippen LogP contribution in [0, 0.1) is 0 Å². The van der Waals surface area contributed by atoms with Crippen LogP contribution in [0.5, 0.6) is 0 Å². The van der Waals surface area contributed by atoms with Gasteiger partial charge in [0.25, 0.3) is 5.91 Å². The molecule has 1 aromatic rings. The third-order valence-corrected chi connectivity index (χ3v) is 3.28. The minimum Gasteiger partial charge on any atom is -0.465 e. The van der Waals surface area contributed by atoms with Gasteiger partial charge in [0.2, 0.25) is 0 Å². The number of carbonyl (C=O) groups is 2. The molecule has 2 rings (SSSR count). The number of carboxylic acid groups (broad SMARTS) is 1. The van der Waals surface area contributed by atoms with Crippen molar-refractivity contribution in [1.29, 1.82) is 0 Å². The van der Waals surface area contributed by atoms with Gasteiger partial charge in [0.1, 0.15) is 0 Å². The summed E-state index contributed by atoms with van der Waals surface area (Å²) in [5, 5.41) is 10.8. The van der Waals surface area contributed by atoms with E-state index in [-0.39, 0.29) is 18.7 Å². The molecule has 7 nitrogen and oxygen atoms in total. The number of rotatable bonds is 6. The fraction of sp³-hybridized carbons (Fsp3) is 0.375. The lowest BCUT2D eigenvalue weighted by atomic mass is 10.1. The average Bonchev–Trinajstić information content (AvgIpc) is 2.58. The average molecular weight is 320 g/mol. The van der Waals surface area contributed by atoms with Crippen LogP contribution in [0.4, 0.5) is 4.79 Å². The van der Waals surface area contributed by atoms with E-state index in [1.54, 1.807) is 30.3 Å². The molecule has 2 amide bonds. The highest BCUT2D eigenvalue weighted by Crippen LogP contribution is 2.12. The monoisotopic (exact) mass is 320 g/mol. The Labute approximate surface area is 134 Å². The van der Waals surface area contributed by atoms with Gasteiger partial charge in [-0.05, 0) is 30.0 Å². The molecule has 1 aliphatic rings. The van der Waals surface area contributed by atoms with Gasteiger partial charge in [-0.1, -0.05) is 24.3 Å². The van der Waals surface area contributed by atoms with Crippen LogP contribution in [0.2, 0.25) is 0 Å². The minimum atomic E-state index is -1.06. The van der Waals surface area contributed by atoms with E-state index in [4.69, 9.17) is 14.7 Å². The lowest BCUT2D eigenvalue weighted by Crippen LogP contribution is -2.32. The molecule has 0 aromatic heterocycles. The van der Waals surface area contributed by atoms with Crippen LogP contribution in [0.15, 0.2) is 30.3 Å². The Kier molecular flexibility index (Phi) is 6.58. The van der Waals surface area contributed by atoms with Gasteiger partial charge in [-0.2, -0.15) is 0 Å². The second kappa shape index (κ2) is 8.92. The third-order valence-electron chi connectivity index (χ3n) is 3.28. The molecule has 124 valence electrons. The van der Waals surface area contributed by atoms with Crippen molar-refractivity contribution in [3.8, 4) is 0 Å². The lowest BCUT2D eigenvalue weighted by Gasteiger charge is -2.21. The topological polar surface area (TPSA) is 96.9 Å². The van der Waals surface area contributed by atoms with E-state index in [1.165, 1.54) is 6.08 Å². The first-order valence-corrected chi connectivity index (χ1v) is 7.44. The largest absolute Gasteiger partial charge is 0.465 e. The number of hydroxylamine groups is 1. The highest BCUT2D eigenvalue weighted by molar-refractivity contribution is 5.90. The number of carbonyl (C=O) groups excluding carboxylic acids is 1. The van der Waals surface area contributed by atoms with Gasteiger partial charge in [-0.25, -0.2) is 15.1 Å². The van der Waals surface area contributed by atoms with Crippen molar-refractivity contribution in [3.05, 3.63) is 41.5 Å². The van der Waals surface area contributed by atoms with E-state index in [1.807, 2.05) is 0 Å². The summed E-state index contributed by atoms with van der Waals surface area (Å²) in [5.74, 6) is -0.365. The molecule has 0 bridgehead atoms. The SMILES string of the molecule is O=C(O)NCc1ccc(C=CC(=O)NOC2CCCCO2)cc1. The second-order valence-electron chi connectivity index (χ2n) is 5.11. The fourth-order valence-electron chi connectivity index (χ4n) is 2.06. The summed E-state index contributed by atoms with van der Waals surface area (Å²) in [5.41, 5.74) is 4.01. The predicted octanol–water partition coefficient (Wildman–Crippen LogP) is 2.04. The zero-order valence-corrected chi connectivity index (χ0v) is 12.7. The third kappa shape index (κ3) is 6.50. The molecule has 7 heteroatoms. The van der Waals surface area contributed by atoms with Crippen molar-refractivity contribution < 1.29 is 24.3 Å². The van der Waals surface area contributed by atoms with E-state index in [2.05, 4.69) is 10.8 Å². The fourth-order valence-corrected chi connectivity index (χ4v) is 2.06. The summed E-state index contributed by atoms with van der Waals surface area (Å²) in [6.45, 7) is 0.897. The molecule has 1 heterocycles. The van der Waals surface area contributed by atoms with Crippen LogP contribution in [0.1, 0.15) is 30.4 Å². The Bertz CT molecular complexity index is 550. The van der Waals surface area contributed by atoms with Crippen LogP contribution in [0.3, 0.4) is 0 Å². The first-order valence-electron chi connectivity index (χ1n) is 7.44. The quantitative estimate of drug-likeness (QED) is 0.550. The van der Waals surface area contributed by atoms with Crippen molar-refractivity contribution in [2.75, 3.05) is 6.61 Å². The Morgan fingerprint density at radius 2 is 2.09 bits per heavy atom. The summed E-state index contributed by atoms with van der Waals surface area (Å²) >= 11 is 0. The molecule has 1 saturated heterocycles. The lowest BCUT2D eigenvalue weighted by molar-refractivity contribution is -0.198. The Balaban J connectivity index is 1.75. The number of ether oxygens (including phenoxy) is 1. The molecular formula is C16H20N2O5. The minimum absolute atomic E-state index is 0.245. The summed E-state index contributed by atoms with van der Waals surface area (Å²) in [6.07, 6.45) is 4.40. The molecule has 3 N–H and O–H groups in total. The van der Waals surface area contributed by atoms with Gasteiger partial charge in [-0.3, -0.25) is 4.79 Å². The molecule has 1 fully saturated rings. The van der Waals surface area contributed by atoms with E-state index >= 15 is 0 Å². The van der Waals surface area contributed by atoms with Crippen molar-refractivity contribution in [1.82, 2.24) is 10.8 Å². The predicted molar refractivity (Wildman–Crippen MR) is 83.2 cm³/mol. The van der Waals surface area contributed by atoms with Crippen molar-refractivity contribution in [2.24, 2.45) is 0 Å². The Morgan fingerprint density at radius 1 is 1.30 bits per heavy atom. The molecule has 23 heavy (non-hydrogen) atoms. The maximum atomic E-state index is 11.6. The Morgan fingerprint density at radius 3 is 2.74 bits per heavy atom. The maximum Gasteiger partial charge on any atom is 0.404 e. The van der Waals surface area contributed by atoms with Crippen LogP contribution in [0.25, 0.3) is 6.08 Å². The standard InChI is InChI=1S/C16H20N2O5/c19-14(18-23-15-3-1-2-10-22-15)9-8-12-4-6-13(7-5-12)11-17-16(20)21/h4-9,15,17H,1-3,10-11H2,(H,18,19)(H,20,21). The van der Waals surface area contributed by atoms with E-state index < -0.39 is 6.09 Å². The zero-order valence-electron chi connectivity index (χ0n) is 12.7. The number of nitrogens with one attached hydrogen (secondary N) is 2. The number of hydrogen-bond donors (Lipinski definition) is 3. The molecule has 0 aliphatic carbocycles. The van der Waals surface area contributed by atoms with Crippen molar-refractivity contribution >= 4 is 18.1 Å². The van der Waals surface area contributed by atoms with Gasteiger partial charge in [-0.15, -0.1) is 0 Å². The van der Waals surface area contributed by atoms with E-state index in [0.717, 1.165) is 30.4 Å². The van der Waals surface area contributed by atoms with Crippen LogP contribution in [-0.4, -0.2) is 30.0 Å². The first kappa shape index (κ1) is 17.0. The molecule has 1 aliphatic heterocycles. The molecule has 0 saturated carbocycles. The van der Waals surface area contributed by atoms with Crippen LogP contribution >= 0.6 is 0 Å². The summed E-state index contributed by atoms with van der Waals surface area (Å²) in [6, 6.07) is 7.18. The van der Waals surface area contributed by atoms with E-state index in [0.29, 0.717) is 6.61 Å². The summed E-state index contributed by atoms with van der Waals surface area (Å²) < 4.78 is 5.34. The first-order chi connectivity index (χ1) is 11.1. The highest BCUT2D eigenvalue weighted by Gasteiger charge is 2.14. The van der Waals surface area contributed by atoms with Gasteiger partial charge < -0.3 is 15.2 Å². The number of benzene rings is 1. The molecule has 1 unspecified atom stereocenters. The smallest absolute Gasteiger partial charge is 0.404 e. The highest BCUT2D eigenvalue weighted by atomic mass is 16.8. The molecule has 0 radical (unpaired) electrons. The van der Waals surface area contributed by atoms with Gasteiger partial charge in [0.05, 0.1) is 0 Å². The normalized spacial score (nSPS) is 17.8. The molecule has 0 spiro atoms. The number of amides is 2. The van der Waals surface area contributed by atoms with Gasteiger partial charge in [0.15, 0.2) is 6.29 Å². The van der Waals surface area contributed by atoms with Crippen LogP contribution < -0.4 is 10.8 Å². The zero-order chi connectivity index (χ0) is 16.5. The van der Waals surface area contributed by atoms with Crippen molar-refractivity contribution in [3.63, 3.8) is 0 Å². The Hall–Kier alpha value is -2.38. The van der Waals surface area contributed by atoms with Gasteiger partial charge in [0, 0.05) is 25.6 Å². The summed E-state index contributed by atoms with van der Waals surface area (Å²) in [7, 11) is 0. The van der Waals surface area contributed by atoms with E-state index in [9.17, 15) is 9.59 Å².